The number of aryl methyl sites for hydroxylation is 1. The van der Waals surface area contributed by atoms with Crippen molar-refractivity contribution in [1.29, 1.82) is 0 Å². The van der Waals surface area contributed by atoms with Crippen LogP contribution >= 0.6 is 11.3 Å². The second-order valence-electron chi connectivity index (χ2n) is 5.98. The van der Waals surface area contributed by atoms with Crippen LogP contribution in [0.25, 0.3) is 0 Å². The van der Waals surface area contributed by atoms with Gasteiger partial charge in [0.25, 0.3) is 0 Å². The number of rotatable bonds is 4. The molecule has 3 nitrogen and oxygen atoms in total. The van der Waals surface area contributed by atoms with Gasteiger partial charge in [-0.1, -0.05) is 6.92 Å². The van der Waals surface area contributed by atoms with Crippen LogP contribution in [-0.2, 0) is 4.74 Å². The molecule has 1 aliphatic heterocycles. The maximum atomic E-state index is 6.07. The highest BCUT2D eigenvalue weighted by molar-refractivity contribution is 7.09. The van der Waals surface area contributed by atoms with Gasteiger partial charge in [0.15, 0.2) is 0 Å². The molecule has 0 bridgehead atoms. The first-order valence-corrected chi connectivity index (χ1v) is 8.39. The van der Waals surface area contributed by atoms with Gasteiger partial charge in [0, 0.05) is 17.5 Å². The molecule has 2 heterocycles. The molecule has 1 aromatic heterocycles. The summed E-state index contributed by atoms with van der Waals surface area (Å²) < 4.78 is 6.07. The lowest BCUT2D eigenvalue weighted by molar-refractivity contribution is -0.147. The number of nitrogens with zero attached hydrogens (tertiary/aromatic N) is 1. The number of hydrogen-bond acceptors (Lipinski definition) is 4. The second-order valence-corrected chi connectivity index (χ2v) is 6.86. The van der Waals surface area contributed by atoms with Crippen LogP contribution in [0.1, 0.15) is 55.6 Å². The van der Waals surface area contributed by atoms with Crippen LogP contribution in [0.3, 0.4) is 0 Å². The van der Waals surface area contributed by atoms with Crippen molar-refractivity contribution >= 4 is 11.3 Å². The average Bonchev–Trinajstić information content (AvgIpc) is 2.80. The quantitative estimate of drug-likeness (QED) is 0.917. The van der Waals surface area contributed by atoms with Crippen LogP contribution in [-0.4, -0.2) is 23.7 Å². The summed E-state index contributed by atoms with van der Waals surface area (Å²) in [7, 11) is 0. The Morgan fingerprint density at radius 3 is 3.00 bits per heavy atom. The van der Waals surface area contributed by atoms with E-state index in [1.54, 1.807) is 11.3 Å². The number of nitrogens with one attached hydrogen (secondary N) is 1. The second kappa shape index (κ2) is 5.51. The van der Waals surface area contributed by atoms with Gasteiger partial charge >= 0.3 is 0 Å². The Kier molecular flexibility index (Phi) is 3.92. The Bertz CT molecular complexity index is 428. The van der Waals surface area contributed by atoms with Crippen LogP contribution in [0.15, 0.2) is 5.51 Å². The van der Waals surface area contributed by atoms with E-state index in [-0.39, 0.29) is 5.60 Å². The molecule has 1 aromatic rings. The normalized spacial score (nSPS) is 27.2. The summed E-state index contributed by atoms with van der Waals surface area (Å²) in [5, 5.41) is 3.70. The highest BCUT2D eigenvalue weighted by Gasteiger charge is 2.44. The summed E-state index contributed by atoms with van der Waals surface area (Å²) in [5.41, 5.74) is 3.41. The van der Waals surface area contributed by atoms with Crippen LogP contribution in [0, 0.1) is 12.8 Å². The van der Waals surface area contributed by atoms with Gasteiger partial charge in [-0.05, 0) is 51.5 Å². The molecule has 1 spiro atoms. The Morgan fingerprint density at radius 2 is 2.42 bits per heavy atom. The van der Waals surface area contributed by atoms with Crippen molar-refractivity contribution in [3.63, 3.8) is 0 Å². The zero-order chi connectivity index (χ0) is 13.3. The van der Waals surface area contributed by atoms with Crippen molar-refractivity contribution in [2.24, 2.45) is 5.92 Å². The van der Waals surface area contributed by atoms with E-state index in [2.05, 4.69) is 24.1 Å². The fourth-order valence-electron chi connectivity index (χ4n) is 3.57. The largest absolute Gasteiger partial charge is 0.375 e. The average molecular weight is 280 g/mol. The molecule has 2 unspecified atom stereocenters. The van der Waals surface area contributed by atoms with Crippen molar-refractivity contribution in [3.05, 3.63) is 16.1 Å². The molecule has 4 heteroatoms. The molecule has 2 aliphatic rings. The van der Waals surface area contributed by atoms with Crippen molar-refractivity contribution in [2.45, 2.75) is 57.6 Å². The predicted octanol–water partition coefficient (Wildman–Crippen LogP) is 3.45. The minimum Gasteiger partial charge on any atom is -0.375 e. The molecule has 0 radical (unpaired) electrons. The third kappa shape index (κ3) is 2.58. The van der Waals surface area contributed by atoms with Crippen LogP contribution in [0.4, 0.5) is 0 Å². The van der Waals surface area contributed by atoms with Gasteiger partial charge in [0.05, 0.1) is 16.8 Å². The minimum atomic E-state index is 0.231. The number of thiazole rings is 1. The topological polar surface area (TPSA) is 34.2 Å². The van der Waals surface area contributed by atoms with Gasteiger partial charge in [0.1, 0.15) is 0 Å². The zero-order valence-corrected chi connectivity index (χ0v) is 12.8. The van der Waals surface area contributed by atoms with Gasteiger partial charge in [0.2, 0.25) is 0 Å². The molecule has 1 aliphatic carbocycles. The summed E-state index contributed by atoms with van der Waals surface area (Å²) in [4.78, 5) is 5.87. The molecule has 3 rings (SSSR count). The van der Waals surface area contributed by atoms with E-state index in [1.165, 1.54) is 42.7 Å². The Balaban J connectivity index is 1.78. The van der Waals surface area contributed by atoms with E-state index < -0.39 is 0 Å². The Morgan fingerprint density at radius 1 is 1.58 bits per heavy atom. The first kappa shape index (κ1) is 13.5. The van der Waals surface area contributed by atoms with Crippen molar-refractivity contribution in [2.75, 3.05) is 13.2 Å². The molecule has 0 amide bonds. The fraction of sp³-hybridized carbons (Fsp3) is 0.800. The number of aromatic nitrogens is 1. The lowest BCUT2D eigenvalue weighted by Gasteiger charge is -2.48. The summed E-state index contributed by atoms with van der Waals surface area (Å²) in [6.07, 6.45) is 6.28. The number of ether oxygens (including phenoxy) is 1. The Labute approximate surface area is 119 Å². The SMILES string of the molecule is CCNC(c1scnc1C)C1CCOC2(CCC2)C1. The smallest absolute Gasteiger partial charge is 0.0798 e. The first-order chi connectivity index (χ1) is 9.24. The molecular formula is C15H24N2OS. The van der Waals surface area contributed by atoms with E-state index >= 15 is 0 Å². The summed E-state index contributed by atoms with van der Waals surface area (Å²) >= 11 is 1.80. The molecule has 1 saturated heterocycles. The van der Waals surface area contributed by atoms with E-state index in [1.807, 2.05) is 5.51 Å². The molecular weight excluding hydrogens is 256 g/mol. The lowest BCUT2D eigenvalue weighted by atomic mass is 9.70. The maximum Gasteiger partial charge on any atom is 0.0798 e. The van der Waals surface area contributed by atoms with Crippen molar-refractivity contribution in [3.8, 4) is 0 Å². The van der Waals surface area contributed by atoms with Crippen molar-refractivity contribution in [1.82, 2.24) is 10.3 Å². The van der Waals surface area contributed by atoms with Crippen LogP contribution in [0.2, 0.25) is 0 Å². The highest BCUT2D eigenvalue weighted by atomic mass is 32.1. The van der Waals surface area contributed by atoms with E-state index in [0.717, 1.165) is 13.2 Å². The minimum absolute atomic E-state index is 0.231. The number of hydrogen-bond donors (Lipinski definition) is 1. The standard InChI is InChI=1S/C15H24N2OS/c1-3-16-13(14-11(2)17-10-19-14)12-5-8-18-15(9-12)6-4-7-15/h10,12-13,16H,3-9H2,1-2H3. The molecule has 2 fully saturated rings. The predicted molar refractivity (Wildman–Crippen MR) is 78.5 cm³/mol. The van der Waals surface area contributed by atoms with Gasteiger partial charge in [-0.3, -0.25) is 0 Å². The lowest BCUT2D eigenvalue weighted by Crippen LogP contribution is -2.48. The van der Waals surface area contributed by atoms with E-state index in [9.17, 15) is 0 Å². The van der Waals surface area contributed by atoms with Gasteiger partial charge in [-0.25, -0.2) is 4.98 Å². The maximum absolute atomic E-state index is 6.07. The van der Waals surface area contributed by atoms with Crippen molar-refractivity contribution < 1.29 is 4.74 Å². The first-order valence-electron chi connectivity index (χ1n) is 7.51. The van der Waals surface area contributed by atoms with Gasteiger partial charge < -0.3 is 10.1 Å². The van der Waals surface area contributed by atoms with Gasteiger partial charge in [-0.15, -0.1) is 11.3 Å². The van der Waals surface area contributed by atoms with Gasteiger partial charge in [-0.2, -0.15) is 0 Å². The molecule has 2 atom stereocenters. The monoisotopic (exact) mass is 280 g/mol. The molecule has 1 saturated carbocycles. The third-order valence-corrected chi connectivity index (χ3v) is 5.77. The fourth-order valence-corrected chi connectivity index (χ4v) is 4.54. The third-order valence-electron chi connectivity index (χ3n) is 4.76. The zero-order valence-electron chi connectivity index (χ0n) is 11.9. The molecule has 19 heavy (non-hydrogen) atoms. The molecule has 0 aromatic carbocycles. The summed E-state index contributed by atoms with van der Waals surface area (Å²) in [6.45, 7) is 6.28. The van der Waals surface area contributed by atoms with Crippen LogP contribution in [0.5, 0.6) is 0 Å². The highest BCUT2D eigenvalue weighted by Crippen LogP contribution is 2.47. The molecule has 1 N–H and O–H groups in total. The summed E-state index contributed by atoms with van der Waals surface area (Å²) in [6, 6.07) is 0.471. The Hall–Kier alpha value is -0.450. The van der Waals surface area contributed by atoms with Crippen LogP contribution < -0.4 is 5.32 Å². The molecule has 106 valence electrons. The summed E-state index contributed by atoms with van der Waals surface area (Å²) in [5.74, 6) is 0.702. The van der Waals surface area contributed by atoms with E-state index in [4.69, 9.17) is 4.74 Å². The van der Waals surface area contributed by atoms with E-state index in [0.29, 0.717) is 12.0 Å².